The number of carbonyl (C=O) groups excluding carboxylic acids is 3. The summed E-state index contributed by atoms with van der Waals surface area (Å²) >= 11 is 0. The van der Waals surface area contributed by atoms with Crippen LogP contribution in [0.2, 0.25) is 0 Å². The molecule has 1 aromatic heterocycles. The van der Waals surface area contributed by atoms with E-state index in [0.717, 1.165) is 0 Å². The van der Waals surface area contributed by atoms with Crippen LogP contribution in [0.3, 0.4) is 0 Å². The fourth-order valence-corrected chi connectivity index (χ4v) is 3.60. The van der Waals surface area contributed by atoms with Crippen LogP contribution in [-0.4, -0.2) is 45.5 Å². The number of carbonyl (C=O) groups is 3. The number of fused-ring (bicyclic) bond motifs is 1. The molecule has 1 aliphatic heterocycles. The molecule has 1 saturated heterocycles. The molecule has 12 nitrogen and oxygen atoms in total. The summed E-state index contributed by atoms with van der Waals surface area (Å²) in [6.45, 7) is 0.517. The molecule has 2 aromatic rings. The summed E-state index contributed by atoms with van der Waals surface area (Å²) in [6.07, 6.45) is -0.936. The minimum Gasteiger partial charge on any atom is -0.422 e. The number of hydrogen-bond donors (Lipinski definition) is 4. The van der Waals surface area contributed by atoms with E-state index in [-0.39, 0.29) is 38.5 Å². The molecule has 32 heavy (non-hydrogen) atoms. The number of rotatable bonds is 9. The number of imide groups is 1. The van der Waals surface area contributed by atoms with Gasteiger partial charge < -0.3 is 29.7 Å². The zero-order valence-corrected chi connectivity index (χ0v) is 17.8. The summed E-state index contributed by atoms with van der Waals surface area (Å²) in [6, 6.07) is 6.53. The maximum Gasteiger partial charge on any atom is 0.432 e. The largest absolute Gasteiger partial charge is 0.432 e. The molecule has 0 spiro atoms. The van der Waals surface area contributed by atoms with Crippen molar-refractivity contribution in [2.24, 2.45) is 0 Å². The van der Waals surface area contributed by atoms with Crippen molar-refractivity contribution in [3.05, 3.63) is 45.8 Å². The Morgan fingerprint density at radius 3 is 2.53 bits per heavy atom. The van der Waals surface area contributed by atoms with Gasteiger partial charge in [-0.15, -0.1) is 5.06 Å². The first-order valence-corrected chi connectivity index (χ1v) is 11.5. The van der Waals surface area contributed by atoms with Crippen LogP contribution in [-0.2, 0) is 32.1 Å². The number of nitrogens with zero attached hydrogens (tertiary/aromatic N) is 1. The van der Waals surface area contributed by atoms with Crippen LogP contribution in [0.1, 0.15) is 30.4 Å². The lowest BCUT2D eigenvalue weighted by Gasteiger charge is -2.13. The molecule has 1 aromatic carbocycles. The molecule has 172 valence electrons. The molecule has 13 heteroatoms. The molecule has 3 rings (SSSR count). The third kappa shape index (κ3) is 6.47. The number of nitrogens with one attached hydrogen (secondary N) is 2. The highest BCUT2D eigenvalue weighted by Crippen LogP contribution is 2.34. The van der Waals surface area contributed by atoms with E-state index < -0.39 is 31.1 Å². The van der Waals surface area contributed by atoms with Gasteiger partial charge in [0.1, 0.15) is 5.58 Å². The van der Waals surface area contributed by atoms with Gasteiger partial charge in [-0.2, -0.15) is 0 Å². The van der Waals surface area contributed by atoms with E-state index in [4.69, 9.17) is 19.0 Å². The zero-order valence-electron chi connectivity index (χ0n) is 16.9. The molecule has 0 radical (unpaired) electrons. The van der Waals surface area contributed by atoms with Gasteiger partial charge in [0, 0.05) is 31.3 Å². The molecular weight excluding hydrogens is 445 g/mol. The van der Waals surface area contributed by atoms with Crippen molar-refractivity contribution < 1.29 is 38.0 Å². The van der Waals surface area contributed by atoms with E-state index in [1.165, 1.54) is 0 Å². The number of hydrogen-bond acceptors (Lipinski definition) is 8. The maximum atomic E-state index is 12.1. The van der Waals surface area contributed by atoms with Gasteiger partial charge in [0.25, 0.3) is 11.8 Å². The van der Waals surface area contributed by atoms with Crippen LogP contribution in [0.5, 0.6) is 0 Å². The smallest absolute Gasteiger partial charge is 0.422 e. The number of amides is 3. The van der Waals surface area contributed by atoms with Gasteiger partial charge in [-0.05, 0) is 36.7 Å². The molecule has 2 heterocycles. The average molecular weight is 467 g/mol. The van der Waals surface area contributed by atoms with Crippen molar-refractivity contribution in [3.8, 4) is 0 Å². The molecule has 3 amide bonds. The second-order valence-corrected chi connectivity index (χ2v) is 8.94. The van der Waals surface area contributed by atoms with Crippen molar-refractivity contribution in [2.75, 3.05) is 12.7 Å². The molecule has 0 unspecified atom stereocenters. The predicted molar refractivity (Wildman–Crippen MR) is 110 cm³/mol. The second-order valence-electron chi connectivity index (χ2n) is 7.16. The first-order chi connectivity index (χ1) is 15.1. The van der Waals surface area contributed by atoms with Gasteiger partial charge in [0.2, 0.25) is 0 Å². The summed E-state index contributed by atoms with van der Waals surface area (Å²) < 4.78 is 16.1. The van der Waals surface area contributed by atoms with E-state index in [0.29, 0.717) is 33.7 Å². The third-order valence-corrected chi connectivity index (χ3v) is 5.50. The molecule has 1 aliphatic rings. The van der Waals surface area contributed by atoms with Crippen molar-refractivity contribution in [1.82, 2.24) is 15.7 Å². The Bertz CT molecular complexity index is 1120. The molecule has 0 aliphatic carbocycles. The SMILES string of the molecule is O=C(NCc1ccc2oc(=O)c(CNCCCP(=O)(O)O)cc2c1)ON1C(=O)CCC1=O. The molecular formula is C19H22N3O9P. The van der Waals surface area contributed by atoms with E-state index in [2.05, 4.69) is 10.6 Å². The van der Waals surface area contributed by atoms with Crippen molar-refractivity contribution in [3.63, 3.8) is 0 Å². The van der Waals surface area contributed by atoms with E-state index in [1.807, 2.05) is 0 Å². The monoisotopic (exact) mass is 467 g/mol. The normalized spacial score (nSPS) is 14.2. The highest BCUT2D eigenvalue weighted by atomic mass is 31.2. The Hall–Kier alpha value is -3.05. The molecule has 4 N–H and O–H groups in total. The Balaban J connectivity index is 1.58. The van der Waals surface area contributed by atoms with Gasteiger partial charge in [0.15, 0.2) is 0 Å². The number of hydroxylamine groups is 2. The Morgan fingerprint density at radius 1 is 1.12 bits per heavy atom. The maximum absolute atomic E-state index is 12.1. The summed E-state index contributed by atoms with van der Waals surface area (Å²) in [5.41, 5.74) is 0.807. The van der Waals surface area contributed by atoms with Crippen LogP contribution >= 0.6 is 7.60 Å². The quantitative estimate of drug-likeness (QED) is 0.178. The molecule has 0 saturated carbocycles. The van der Waals surface area contributed by atoms with Crippen molar-refractivity contribution in [2.45, 2.75) is 32.4 Å². The summed E-state index contributed by atoms with van der Waals surface area (Å²) in [4.78, 5) is 69.4. The number of benzene rings is 1. The minimum absolute atomic E-state index is 0.00283. The van der Waals surface area contributed by atoms with Gasteiger partial charge in [0.05, 0.1) is 11.7 Å². The lowest BCUT2D eigenvalue weighted by molar-refractivity contribution is -0.171. The predicted octanol–water partition coefficient (Wildman–Crippen LogP) is 0.741. The zero-order chi connectivity index (χ0) is 23.3. The van der Waals surface area contributed by atoms with Gasteiger partial charge >= 0.3 is 19.3 Å². The van der Waals surface area contributed by atoms with E-state index >= 15 is 0 Å². The van der Waals surface area contributed by atoms with Crippen molar-refractivity contribution >= 4 is 36.5 Å². The Kier molecular flexibility index (Phi) is 7.41. The lowest BCUT2D eigenvalue weighted by Crippen LogP contribution is -2.36. The van der Waals surface area contributed by atoms with Crippen molar-refractivity contribution in [1.29, 1.82) is 0 Å². The highest BCUT2D eigenvalue weighted by Gasteiger charge is 2.32. The van der Waals surface area contributed by atoms with Crippen LogP contribution in [0, 0.1) is 0 Å². The third-order valence-electron chi connectivity index (χ3n) is 4.60. The van der Waals surface area contributed by atoms with Crippen LogP contribution in [0.4, 0.5) is 4.79 Å². The lowest BCUT2D eigenvalue weighted by atomic mass is 10.1. The molecule has 0 atom stereocenters. The summed E-state index contributed by atoms with van der Waals surface area (Å²) in [5, 5.41) is 6.44. The second kappa shape index (κ2) is 10.0. The standard InChI is InChI=1S/C19H22N3O9P/c23-16-4-5-17(24)22(16)31-19(26)21-10-12-2-3-15-13(8-12)9-14(18(25)30-15)11-20-6-1-7-32(27,28)29/h2-3,8-9,20H,1,4-7,10-11H2,(H,21,26)(H2,27,28,29). The van der Waals surface area contributed by atoms with Gasteiger partial charge in [-0.3, -0.25) is 14.2 Å². The Morgan fingerprint density at radius 2 is 1.84 bits per heavy atom. The topological polar surface area (TPSA) is 175 Å². The van der Waals surface area contributed by atoms with Crippen LogP contribution in [0.25, 0.3) is 11.0 Å². The van der Waals surface area contributed by atoms with Crippen LogP contribution < -0.4 is 16.3 Å². The van der Waals surface area contributed by atoms with Gasteiger partial charge in [-0.1, -0.05) is 6.07 Å². The summed E-state index contributed by atoms with van der Waals surface area (Å²) in [7, 11) is -4.05. The van der Waals surface area contributed by atoms with Gasteiger partial charge in [-0.25, -0.2) is 9.59 Å². The fourth-order valence-electron chi connectivity index (χ4n) is 3.03. The van der Waals surface area contributed by atoms with E-state index in [1.54, 1.807) is 24.3 Å². The Labute approximate surface area is 181 Å². The average Bonchev–Trinajstić information content (AvgIpc) is 3.03. The molecule has 0 bridgehead atoms. The van der Waals surface area contributed by atoms with Crippen LogP contribution in [0.15, 0.2) is 33.5 Å². The fraction of sp³-hybridized carbons (Fsp3) is 0.368. The van der Waals surface area contributed by atoms with E-state index in [9.17, 15) is 23.7 Å². The first-order valence-electron chi connectivity index (χ1n) is 9.75. The minimum atomic E-state index is -4.05. The molecule has 1 fully saturated rings. The summed E-state index contributed by atoms with van der Waals surface area (Å²) in [5.74, 6) is -1.15. The highest BCUT2D eigenvalue weighted by molar-refractivity contribution is 7.51. The first kappa shape index (κ1) is 23.6.